The van der Waals surface area contributed by atoms with Gasteiger partial charge < -0.3 is 11.1 Å². The monoisotopic (exact) mass is 286 g/mol. The summed E-state index contributed by atoms with van der Waals surface area (Å²) in [6, 6.07) is 6.87. The quantitative estimate of drug-likeness (QED) is 0.834. The van der Waals surface area contributed by atoms with E-state index in [0.717, 1.165) is 4.47 Å². The van der Waals surface area contributed by atoms with Gasteiger partial charge in [0.15, 0.2) is 0 Å². The van der Waals surface area contributed by atoms with Crippen LogP contribution in [0.5, 0.6) is 0 Å². The van der Waals surface area contributed by atoms with Crippen molar-refractivity contribution in [3.8, 4) is 0 Å². The maximum Gasteiger partial charge on any atom is 0.252 e. The first-order valence-electron chi connectivity index (χ1n) is 4.37. The second-order valence-electron chi connectivity index (χ2n) is 3.08. The minimum atomic E-state index is -0.306. The molecule has 0 aromatic heterocycles. The van der Waals surface area contributed by atoms with E-state index in [2.05, 4.69) is 21.2 Å². The van der Waals surface area contributed by atoms with Crippen LogP contribution in [0.3, 0.4) is 0 Å². The van der Waals surface area contributed by atoms with Crippen LogP contribution in [-0.4, -0.2) is 16.9 Å². The topological polar surface area (TPSA) is 55.1 Å². The van der Waals surface area contributed by atoms with Crippen molar-refractivity contribution in [1.29, 1.82) is 0 Å². The van der Waals surface area contributed by atoms with Crippen LogP contribution >= 0.6 is 28.1 Å². The predicted molar refractivity (Wildman–Crippen MR) is 67.9 cm³/mol. The molecule has 1 rings (SSSR count). The van der Waals surface area contributed by atoms with Crippen LogP contribution in [0.25, 0.3) is 0 Å². The Balaban J connectivity index is 2.78. The van der Waals surface area contributed by atoms with Crippen molar-refractivity contribution in [2.45, 2.75) is 13.0 Å². The van der Waals surface area contributed by atoms with E-state index in [1.165, 1.54) is 0 Å². The van der Waals surface area contributed by atoms with Crippen LogP contribution in [0.2, 0.25) is 0 Å². The number of nitrogens with two attached hydrogens (primary N) is 1. The third-order valence-corrected chi connectivity index (χ3v) is 2.94. The normalized spacial score (nSPS) is 11.9. The molecule has 1 aromatic rings. The maximum atomic E-state index is 11.7. The van der Waals surface area contributed by atoms with Crippen LogP contribution in [0.4, 0.5) is 0 Å². The number of hydrogen-bond acceptors (Lipinski definition) is 2. The minimum Gasteiger partial charge on any atom is -0.392 e. The number of nitrogens with one attached hydrogen (secondary N) is 1. The van der Waals surface area contributed by atoms with E-state index < -0.39 is 0 Å². The molecule has 0 saturated carbocycles. The lowest BCUT2D eigenvalue weighted by molar-refractivity contribution is 0.0948. The van der Waals surface area contributed by atoms with Gasteiger partial charge in [-0.15, -0.1) is 0 Å². The Morgan fingerprint density at radius 3 is 2.67 bits per heavy atom. The fourth-order valence-electron chi connectivity index (χ4n) is 0.991. The van der Waals surface area contributed by atoms with Crippen molar-refractivity contribution in [2.24, 2.45) is 5.73 Å². The molecule has 3 nitrogen and oxygen atoms in total. The molecule has 1 aromatic carbocycles. The second kappa shape index (κ2) is 5.23. The van der Waals surface area contributed by atoms with Crippen molar-refractivity contribution < 1.29 is 4.79 Å². The van der Waals surface area contributed by atoms with Crippen LogP contribution in [0.15, 0.2) is 28.7 Å². The average molecular weight is 287 g/mol. The molecule has 15 heavy (non-hydrogen) atoms. The number of carbonyl (C=O) groups excluding carboxylic acids is 1. The Labute approximate surface area is 102 Å². The summed E-state index contributed by atoms with van der Waals surface area (Å²) in [6.07, 6.45) is 0. The van der Waals surface area contributed by atoms with Gasteiger partial charge in [-0.1, -0.05) is 24.4 Å². The third kappa shape index (κ3) is 3.28. The van der Waals surface area contributed by atoms with E-state index in [0.29, 0.717) is 5.56 Å². The summed E-state index contributed by atoms with van der Waals surface area (Å²) in [6.45, 7) is 1.75. The number of amides is 1. The Bertz CT molecular complexity index is 395. The van der Waals surface area contributed by atoms with Crippen LogP contribution in [0, 0.1) is 0 Å². The van der Waals surface area contributed by atoms with Gasteiger partial charge in [0.05, 0.1) is 16.6 Å². The molecule has 3 N–H and O–H groups in total. The molecule has 0 heterocycles. The van der Waals surface area contributed by atoms with Crippen molar-refractivity contribution in [1.82, 2.24) is 5.32 Å². The fraction of sp³-hybridized carbons (Fsp3) is 0.200. The smallest absolute Gasteiger partial charge is 0.252 e. The largest absolute Gasteiger partial charge is 0.392 e. The van der Waals surface area contributed by atoms with Gasteiger partial charge in [0, 0.05) is 4.47 Å². The summed E-state index contributed by atoms with van der Waals surface area (Å²) >= 11 is 8.07. The molecule has 1 amide bonds. The molecular weight excluding hydrogens is 276 g/mol. The zero-order valence-corrected chi connectivity index (χ0v) is 10.6. The molecule has 80 valence electrons. The van der Waals surface area contributed by atoms with Gasteiger partial charge >= 0.3 is 0 Å². The standard InChI is InChI=1S/C10H11BrN2OS/c1-6(9(12)15)13-10(14)7-4-2-3-5-8(7)11/h2-6H,1H3,(H2,12,15)(H,13,14). The molecule has 1 unspecified atom stereocenters. The van der Waals surface area contributed by atoms with Gasteiger partial charge in [0.1, 0.15) is 0 Å². The molecule has 5 heteroatoms. The maximum absolute atomic E-state index is 11.7. The van der Waals surface area contributed by atoms with E-state index >= 15 is 0 Å². The van der Waals surface area contributed by atoms with Crippen molar-refractivity contribution >= 4 is 39.0 Å². The molecule has 1 atom stereocenters. The predicted octanol–water partition coefficient (Wildman–Crippen LogP) is 1.85. The lowest BCUT2D eigenvalue weighted by atomic mass is 10.2. The molecule has 0 saturated heterocycles. The molecule has 0 aliphatic carbocycles. The van der Waals surface area contributed by atoms with Crippen molar-refractivity contribution in [2.75, 3.05) is 0 Å². The minimum absolute atomic E-state index is 0.192. The van der Waals surface area contributed by atoms with E-state index in [-0.39, 0.29) is 16.9 Å². The molecule has 0 fully saturated rings. The first kappa shape index (κ1) is 12.1. The number of rotatable bonds is 3. The van der Waals surface area contributed by atoms with E-state index in [9.17, 15) is 4.79 Å². The van der Waals surface area contributed by atoms with E-state index in [1.54, 1.807) is 25.1 Å². The van der Waals surface area contributed by atoms with E-state index in [4.69, 9.17) is 18.0 Å². The van der Waals surface area contributed by atoms with E-state index in [1.807, 2.05) is 6.07 Å². The van der Waals surface area contributed by atoms with Crippen LogP contribution < -0.4 is 11.1 Å². The average Bonchev–Trinajstić information content (AvgIpc) is 2.18. The highest BCUT2D eigenvalue weighted by molar-refractivity contribution is 9.10. The molecule has 0 spiro atoms. The van der Waals surface area contributed by atoms with Gasteiger partial charge in [-0.25, -0.2) is 0 Å². The Morgan fingerprint density at radius 2 is 2.13 bits per heavy atom. The molecule has 0 bridgehead atoms. The lowest BCUT2D eigenvalue weighted by Crippen LogP contribution is -2.41. The number of halogens is 1. The summed E-state index contributed by atoms with van der Waals surface area (Å²) in [7, 11) is 0. The lowest BCUT2D eigenvalue weighted by Gasteiger charge is -2.12. The first-order chi connectivity index (χ1) is 7.02. The summed E-state index contributed by atoms with van der Waals surface area (Å²) in [5.41, 5.74) is 5.98. The van der Waals surface area contributed by atoms with Gasteiger partial charge in [-0.2, -0.15) is 0 Å². The highest BCUT2D eigenvalue weighted by atomic mass is 79.9. The number of benzene rings is 1. The second-order valence-corrected chi connectivity index (χ2v) is 4.40. The van der Waals surface area contributed by atoms with Crippen LogP contribution in [-0.2, 0) is 0 Å². The third-order valence-electron chi connectivity index (χ3n) is 1.89. The van der Waals surface area contributed by atoms with Gasteiger partial charge in [-0.3, -0.25) is 4.79 Å². The summed E-state index contributed by atoms with van der Waals surface area (Å²) < 4.78 is 0.748. The molecule has 0 radical (unpaired) electrons. The van der Waals surface area contributed by atoms with Crippen molar-refractivity contribution in [3.63, 3.8) is 0 Å². The Morgan fingerprint density at radius 1 is 1.53 bits per heavy atom. The van der Waals surface area contributed by atoms with Gasteiger partial charge in [0.2, 0.25) is 0 Å². The Kier molecular flexibility index (Phi) is 4.23. The first-order valence-corrected chi connectivity index (χ1v) is 5.57. The molecule has 0 aliphatic heterocycles. The Hall–Kier alpha value is -0.940. The SMILES string of the molecule is CC(NC(=O)c1ccccc1Br)C(N)=S. The van der Waals surface area contributed by atoms with Gasteiger partial charge in [-0.05, 0) is 35.0 Å². The summed E-state index contributed by atoms with van der Waals surface area (Å²) in [4.78, 5) is 12.0. The zero-order valence-electron chi connectivity index (χ0n) is 8.16. The highest BCUT2D eigenvalue weighted by Crippen LogP contribution is 2.15. The molecular formula is C10H11BrN2OS. The molecule has 0 aliphatic rings. The summed E-state index contributed by atoms with van der Waals surface area (Å²) in [5.74, 6) is -0.192. The number of carbonyl (C=O) groups is 1. The van der Waals surface area contributed by atoms with Crippen molar-refractivity contribution in [3.05, 3.63) is 34.3 Å². The van der Waals surface area contributed by atoms with Crippen LogP contribution in [0.1, 0.15) is 17.3 Å². The zero-order chi connectivity index (χ0) is 11.4. The number of thiocarbonyl (C=S) groups is 1. The van der Waals surface area contributed by atoms with Gasteiger partial charge in [0.25, 0.3) is 5.91 Å². The number of hydrogen-bond donors (Lipinski definition) is 2. The summed E-state index contributed by atoms with van der Waals surface area (Å²) in [5, 5.41) is 2.70. The fourth-order valence-corrected chi connectivity index (χ4v) is 1.51. The highest BCUT2D eigenvalue weighted by Gasteiger charge is 2.13.